The second kappa shape index (κ2) is 27.4. The zero-order valence-electron chi connectivity index (χ0n) is 25.6. The standard InChI is InChI=1S/C32H66O4S/c1-5-7-9-19-25-31(3)27-21-15-11-13-17-23-29-35-37(33,34)36-30-24-18-14-12-16-22-28-32(4)26-20-10-8-6-2/h31-32H,5-30H2,1-4H3. The van der Waals surface area contributed by atoms with Gasteiger partial charge in [0.25, 0.3) is 0 Å². The zero-order valence-corrected chi connectivity index (χ0v) is 26.4. The molecule has 0 radical (unpaired) electrons. The van der Waals surface area contributed by atoms with E-state index in [1.807, 2.05) is 0 Å². The van der Waals surface area contributed by atoms with Gasteiger partial charge in [-0.1, -0.05) is 169 Å². The van der Waals surface area contributed by atoms with E-state index in [0.29, 0.717) is 0 Å². The first-order valence-corrected chi connectivity index (χ1v) is 17.8. The summed E-state index contributed by atoms with van der Waals surface area (Å²) in [6, 6.07) is 0. The molecule has 4 nitrogen and oxygen atoms in total. The van der Waals surface area contributed by atoms with Crippen molar-refractivity contribution in [3.8, 4) is 0 Å². The highest BCUT2D eigenvalue weighted by Crippen LogP contribution is 2.19. The van der Waals surface area contributed by atoms with Gasteiger partial charge in [-0.05, 0) is 24.7 Å². The Labute approximate surface area is 233 Å². The average Bonchev–Trinajstić information content (AvgIpc) is 2.87. The van der Waals surface area contributed by atoms with Gasteiger partial charge >= 0.3 is 10.4 Å². The third kappa shape index (κ3) is 28.7. The Morgan fingerprint density at radius 3 is 1.03 bits per heavy atom. The van der Waals surface area contributed by atoms with Gasteiger partial charge in [0.1, 0.15) is 0 Å². The van der Waals surface area contributed by atoms with E-state index < -0.39 is 10.4 Å². The molecule has 0 spiro atoms. The highest BCUT2D eigenvalue weighted by molar-refractivity contribution is 7.81. The van der Waals surface area contributed by atoms with Crippen molar-refractivity contribution >= 4 is 10.4 Å². The average molecular weight is 547 g/mol. The van der Waals surface area contributed by atoms with Crippen LogP contribution in [0.1, 0.15) is 182 Å². The van der Waals surface area contributed by atoms with E-state index in [9.17, 15) is 8.42 Å². The third-order valence-corrected chi connectivity index (χ3v) is 8.65. The predicted octanol–water partition coefficient (Wildman–Crippen LogP) is 10.9. The minimum atomic E-state index is -3.83. The van der Waals surface area contributed by atoms with Crippen molar-refractivity contribution in [2.45, 2.75) is 182 Å². The molecular weight excluding hydrogens is 480 g/mol. The molecule has 0 amide bonds. The van der Waals surface area contributed by atoms with Gasteiger partial charge in [0.2, 0.25) is 0 Å². The van der Waals surface area contributed by atoms with Gasteiger partial charge in [-0.15, -0.1) is 0 Å². The van der Waals surface area contributed by atoms with E-state index in [0.717, 1.165) is 50.4 Å². The van der Waals surface area contributed by atoms with Crippen LogP contribution < -0.4 is 0 Å². The molecule has 0 saturated carbocycles. The van der Waals surface area contributed by atoms with Crippen molar-refractivity contribution in [2.75, 3.05) is 13.2 Å². The topological polar surface area (TPSA) is 52.6 Å². The monoisotopic (exact) mass is 546 g/mol. The van der Waals surface area contributed by atoms with Gasteiger partial charge in [-0.3, -0.25) is 0 Å². The zero-order chi connectivity index (χ0) is 27.5. The molecule has 0 heterocycles. The summed E-state index contributed by atoms with van der Waals surface area (Å²) in [5.41, 5.74) is 0. The van der Waals surface area contributed by atoms with Crippen molar-refractivity contribution in [2.24, 2.45) is 11.8 Å². The Morgan fingerprint density at radius 2 is 0.703 bits per heavy atom. The van der Waals surface area contributed by atoms with Crippen molar-refractivity contribution in [1.82, 2.24) is 0 Å². The van der Waals surface area contributed by atoms with Gasteiger partial charge < -0.3 is 0 Å². The third-order valence-electron chi connectivity index (χ3n) is 7.74. The number of unbranched alkanes of at least 4 members (excludes halogenated alkanes) is 16. The van der Waals surface area contributed by atoms with Gasteiger partial charge in [0, 0.05) is 0 Å². The molecule has 2 atom stereocenters. The molecule has 0 aliphatic rings. The number of hydrogen-bond acceptors (Lipinski definition) is 4. The summed E-state index contributed by atoms with van der Waals surface area (Å²) in [5, 5.41) is 0. The van der Waals surface area contributed by atoms with Crippen molar-refractivity contribution in [3.63, 3.8) is 0 Å². The molecule has 0 aromatic rings. The largest absolute Gasteiger partial charge is 0.399 e. The normalized spacial score (nSPS) is 13.7. The molecule has 0 rings (SSSR count). The summed E-state index contributed by atoms with van der Waals surface area (Å²) >= 11 is 0. The summed E-state index contributed by atoms with van der Waals surface area (Å²) in [6.07, 6.45) is 30.1. The quantitative estimate of drug-likeness (QED) is 0.0841. The fraction of sp³-hybridized carbons (Fsp3) is 1.00. The lowest BCUT2D eigenvalue weighted by Gasteiger charge is -2.11. The molecule has 0 aromatic carbocycles. The van der Waals surface area contributed by atoms with Crippen LogP contribution >= 0.6 is 0 Å². The van der Waals surface area contributed by atoms with E-state index >= 15 is 0 Å². The second-order valence-electron chi connectivity index (χ2n) is 11.8. The van der Waals surface area contributed by atoms with Crippen LogP contribution in [0, 0.1) is 11.8 Å². The summed E-state index contributed by atoms with van der Waals surface area (Å²) in [4.78, 5) is 0. The second-order valence-corrected chi connectivity index (χ2v) is 13.1. The molecule has 2 unspecified atom stereocenters. The van der Waals surface area contributed by atoms with Crippen molar-refractivity contribution in [3.05, 3.63) is 0 Å². The summed E-state index contributed by atoms with van der Waals surface area (Å²) < 4.78 is 33.8. The van der Waals surface area contributed by atoms with Gasteiger partial charge in [-0.25, -0.2) is 8.37 Å². The van der Waals surface area contributed by atoms with Crippen molar-refractivity contribution in [1.29, 1.82) is 0 Å². The van der Waals surface area contributed by atoms with E-state index in [-0.39, 0.29) is 13.2 Å². The van der Waals surface area contributed by atoms with E-state index in [1.165, 1.54) is 116 Å². The van der Waals surface area contributed by atoms with Crippen LogP contribution in [0.2, 0.25) is 0 Å². The molecule has 0 N–H and O–H groups in total. The summed E-state index contributed by atoms with van der Waals surface area (Å²) in [5.74, 6) is 1.72. The van der Waals surface area contributed by atoms with Crippen LogP contribution in [-0.2, 0) is 18.8 Å². The minimum absolute atomic E-state index is 0.244. The molecule has 0 bridgehead atoms. The van der Waals surface area contributed by atoms with Gasteiger partial charge in [0.05, 0.1) is 13.2 Å². The lowest BCUT2D eigenvalue weighted by molar-refractivity contribution is 0.208. The molecule has 0 saturated heterocycles. The van der Waals surface area contributed by atoms with Crippen LogP contribution in [0.15, 0.2) is 0 Å². The Hall–Kier alpha value is -0.130. The Morgan fingerprint density at radius 1 is 0.432 bits per heavy atom. The Balaban J connectivity index is 3.43. The predicted molar refractivity (Wildman–Crippen MR) is 161 cm³/mol. The summed E-state index contributed by atoms with van der Waals surface area (Å²) in [7, 11) is -3.83. The lowest BCUT2D eigenvalue weighted by atomic mass is 9.96. The first-order chi connectivity index (χ1) is 17.9. The maximum absolute atomic E-state index is 11.9. The van der Waals surface area contributed by atoms with Crippen LogP contribution in [-0.4, -0.2) is 21.6 Å². The highest BCUT2D eigenvalue weighted by atomic mass is 32.3. The highest BCUT2D eigenvalue weighted by Gasteiger charge is 2.11. The fourth-order valence-electron chi connectivity index (χ4n) is 5.09. The van der Waals surface area contributed by atoms with Crippen molar-refractivity contribution < 1.29 is 16.8 Å². The molecular formula is C32H66O4S. The number of rotatable bonds is 30. The fourth-order valence-corrected chi connectivity index (χ4v) is 5.80. The molecule has 5 heteroatoms. The van der Waals surface area contributed by atoms with E-state index in [4.69, 9.17) is 8.37 Å². The first kappa shape index (κ1) is 36.9. The molecule has 0 aliphatic heterocycles. The Bertz CT molecular complexity index is 507. The molecule has 0 aromatic heterocycles. The van der Waals surface area contributed by atoms with Crippen LogP contribution in [0.25, 0.3) is 0 Å². The molecule has 0 aliphatic carbocycles. The van der Waals surface area contributed by atoms with E-state index in [1.54, 1.807) is 0 Å². The van der Waals surface area contributed by atoms with Gasteiger partial charge in [0.15, 0.2) is 0 Å². The van der Waals surface area contributed by atoms with Gasteiger partial charge in [-0.2, -0.15) is 8.42 Å². The smallest absolute Gasteiger partial charge is 0.248 e. The first-order valence-electron chi connectivity index (χ1n) is 16.4. The lowest BCUT2D eigenvalue weighted by Crippen LogP contribution is -2.12. The van der Waals surface area contributed by atoms with Crippen LogP contribution in [0.5, 0.6) is 0 Å². The molecule has 0 fully saturated rings. The molecule has 37 heavy (non-hydrogen) atoms. The SMILES string of the molecule is CCCCCCC(C)CCCCCCCCOS(=O)(=O)OCCCCCCCCC(C)CCCCCC. The summed E-state index contributed by atoms with van der Waals surface area (Å²) in [6.45, 7) is 9.81. The number of hydrogen-bond donors (Lipinski definition) is 0. The maximum atomic E-state index is 11.9. The van der Waals surface area contributed by atoms with Crippen LogP contribution in [0.3, 0.4) is 0 Å². The minimum Gasteiger partial charge on any atom is -0.248 e. The maximum Gasteiger partial charge on any atom is 0.399 e. The Kier molecular flexibility index (Phi) is 27.3. The van der Waals surface area contributed by atoms with Crippen LogP contribution in [0.4, 0.5) is 0 Å². The van der Waals surface area contributed by atoms with E-state index in [2.05, 4.69) is 27.7 Å². The molecule has 224 valence electrons.